The van der Waals surface area contributed by atoms with Crippen molar-refractivity contribution in [3.63, 3.8) is 0 Å². The van der Waals surface area contributed by atoms with E-state index in [9.17, 15) is 18.0 Å². The molecule has 1 aromatic heterocycles. The Kier molecular flexibility index (Phi) is 11.8. The van der Waals surface area contributed by atoms with Crippen LogP contribution >= 0.6 is 11.6 Å². The maximum atomic E-state index is 12.8. The topological polar surface area (TPSA) is 124 Å². The number of carbonyl (C=O) groups excluding carboxylic acids is 2. The summed E-state index contributed by atoms with van der Waals surface area (Å²) >= 11 is 5.84. The van der Waals surface area contributed by atoms with Crippen LogP contribution in [-0.4, -0.2) is 51.6 Å². The monoisotopic (exact) mass is 511 g/mol. The van der Waals surface area contributed by atoms with Crippen LogP contribution in [0.3, 0.4) is 0 Å². The Morgan fingerprint density at radius 2 is 1.76 bits per heavy atom. The summed E-state index contributed by atoms with van der Waals surface area (Å²) in [5, 5.41) is 3.17. The van der Waals surface area contributed by atoms with Crippen molar-refractivity contribution in [3.8, 4) is 5.75 Å². The van der Waals surface area contributed by atoms with E-state index < -0.39 is 22.0 Å². The van der Waals surface area contributed by atoms with Gasteiger partial charge in [0.15, 0.2) is 0 Å². The van der Waals surface area contributed by atoms with Gasteiger partial charge in [-0.2, -0.15) is 4.72 Å². The quantitative estimate of drug-likeness (QED) is 0.278. The van der Waals surface area contributed by atoms with E-state index in [1.54, 1.807) is 18.3 Å². The maximum absolute atomic E-state index is 12.8. The summed E-state index contributed by atoms with van der Waals surface area (Å²) in [6.07, 6.45) is 7.63. The maximum Gasteiger partial charge on any atom is 0.305 e. The van der Waals surface area contributed by atoms with E-state index in [2.05, 4.69) is 19.8 Å². The average molecular weight is 512 g/mol. The summed E-state index contributed by atoms with van der Waals surface area (Å²) in [6, 6.07) is 7.83. The number of methoxy groups -OCH3 is 1. The lowest BCUT2D eigenvalue weighted by molar-refractivity contribution is -0.140. The summed E-state index contributed by atoms with van der Waals surface area (Å²) in [5.41, 5.74) is 0. The fraction of sp³-hybridized carbons (Fsp3) is 0.435. The van der Waals surface area contributed by atoms with Crippen molar-refractivity contribution in [2.75, 3.05) is 20.3 Å². The van der Waals surface area contributed by atoms with Crippen molar-refractivity contribution in [1.29, 1.82) is 0 Å². The lowest BCUT2D eigenvalue weighted by Crippen LogP contribution is -2.50. The lowest BCUT2D eigenvalue weighted by Gasteiger charge is -2.19. The van der Waals surface area contributed by atoms with E-state index in [-0.39, 0.29) is 17.5 Å². The second-order valence-electron chi connectivity index (χ2n) is 7.51. The number of esters is 1. The van der Waals surface area contributed by atoms with E-state index >= 15 is 0 Å². The van der Waals surface area contributed by atoms with Crippen LogP contribution in [0, 0.1) is 0 Å². The molecule has 34 heavy (non-hydrogen) atoms. The van der Waals surface area contributed by atoms with Gasteiger partial charge in [0.2, 0.25) is 15.9 Å². The molecule has 0 bridgehead atoms. The van der Waals surface area contributed by atoms with Gasteiger partial charge in [-0.3, -0.25) is 14.6 Å². The number of benzene rings is 1. The third-order valence-electron chi connectivity index (χ3n) is 4.87. The number of sulfonamides is 1. The Bertz CT molecular complexity index is 1000. The molecule has 1 atom stereocenters. The van der Waals surface area contributed by atoms with Gasteiger partial charge in [-0.05, 0) is 49.2 Å². The van der Waals surface area contributed by atoms with Crippen LogP contribution in [0.25, 0.3) is 0 Å². The minimum absolute atomic E-state index is 0.0111. The first-order valence-electron chi connectivity index (χ1n) is 11.0. The number of amides is 1. The van der Waals surface area contributed by atoms with Crippen LogP contribution in [0.2, 0.25) is 5.02 Å². The van der Waals surface area contributed by atoms with Gasteiger partial charge < -0.3 is 14.8 Å². The standard InChI is InChI=1S/C23H30ClN3O6S/c1-32-22(28)9-5-3-2-4-6-15-26-23(29)21(17-33-19-8-7-14-25-16-19)27-34(30,31)20-12-10-18(24)11-13-20/h7-8,10-14,16,21,27H,2-6,9,15,17H2,1H3,(H,26,29)/t21-/m0/s1. The molecule has 1 aromatic carbocycles. The van der Waals surface area contributed by atoms with Gasteiger partial charge in [0.25, 0.3) is 0 Å². The Labute approximate surface area is 205 Å². The fourth-order valence-electron chi connectivity index (χ4n) is 3.01. The number of halogens is 1. The van der Waals surface area contributed by atoms with E-state index in [4.69, 9.17) is 16.3 Å². The fourth-order valence-corrected chi connectivity index (χ4v) is 4.31. The summed E-state index contributed by atoms with van der Waals surface area (Å²) in [6.45, 7) is 0.180. The number of nitrogens with one attached hydrogen (secondary N) is 2. The molecule has 0 spiro atoms. The summed E-state index contributed by atoms with van der Waals surface area (Å²) in [4.78, 5) is 27.8. The predicted octanol–water partition coefficient (Wildman–Crippen LogP) is 3.09. The van der Waals surface area contributed by atoms with Crippen molar-refractivity contribution >= 4 is 33.5 Å². The van der Waals surface area contributed by atoms with Gasteiger partial charge in [-0.15, -0.1) is 0 Å². The third kappa shape index (κ3) is 10.1. The molecule has 0 fully saturated rings. The molecular formula is C23H30ClN3O6S. The van der Waals surface area contributed by atoms with Crippen molar-refractivity contribution < 1.29 is 27.5 Å². The highest BCUT2D eigenvalue weighted by atomic mass is 35.5. The molecule has 0 aliphatic carbocycles. The molecule has 2 aromatic rings. The lowest BCUT2D eigenvalue weighted by atomic mass is 10.1. The van der Waals surface area contributed by atoms with Crippen LogP contribution in [-0.2, 0) is 24.3 Å². The van der Waals surface area contributed by atoms with Crippen LogP contribution in [0.5, 0.6) is 5.75 Å². The van der Waals surface area contributed by atoms with Crippen molar-refractivity contribution in [1.82, 2.24) is 15.0 Å². The van der Waals surface area contributed by atoms with E-state index in [0.29, 0.717) is 23.7 Å². The zero-order valence-corrected chi connectivity index (χ0v) is 20.6. The molecule has 186 valence electrons. The Hall–Kier alpha value is -2.69. The zero-order chi connectivity index (χ0) is 24.8. The van der Waals surface area contributed by atoms with Crippen LogP contribution in [0.15, 0.2) is 53.7 Å². The first-order chi connectivity index (χ1) is 16.3. The molecule has 1 heterocycles. The Balaban J connectivity index is 1.88. The van der Waals surface area contributed by atoms with Crippen molar-refractivity contribution in [2.24, 2.45) is 0 Å². The highest BCUT2D eigenvalue weighted by Gasteiger charge is 2.26. The van der Waals surface area contributed by atoms with E-state index in [1.807, 2.05) is 0 Å². The minimum atomic E-state index is -3.98. The number of rotatable bonds is 15. The Morgan fingerprint density at radius 1 is 1.06 bits per heavy atom. The van der Waals surface area contributed by atoms with E-state index in [0.717, 1.165) is 32.1 Å². The molecule has 0 saturated carbocycles. The zero-order valence-electron chi connectivity index (χ0n) is 19.0. The second kappa shape index (κ2) is 14.5. The normalized spacial score (nSPS) is 12.1. The number of hydrogen-bond donors (Lipinski definition) is 2. The molecule has 0 radical (unpaired) electrons. The van der Waals surface area contributed by atoms with Crippen LogP contribution < -0.4 is 14.8 Å². The largest absolute Gasteiger partial charge is 0.490 e. The summed E-state index contributed by atoms with van der Waals surface area (Å²) in [7, 11) is -2.61. The molecule has 2 N–H and O–H groups in total. The molecular weight excluding hydrogens is 482 g/mol. The SMILES string of the molecule is COC(=O)CCCCCCCNC(=O)[C@H](COc1cccnc1)NS(=O)(=O)c1ccc(Cl)cc1. The Morgan fingerprint density at radius 3 is 2.44 bits per heavy atom. The molecule has 0 unspecified atom stereocenters. The smallest absolute Gasteiger partial charge is 0.305 e. The number of aromatic nitrogens is 1. The van der Waals surface area contributed by atoms with Gasteiger partial charge in [-0.25, -0.2) is 8.42 Å². The molecule has 0 aliphatic heterocycles. The number of pyridine rings is 1. The molecule has 9 nitrogen and oxygen atoms in total. The third-order valence-corrected chi connectivity index (χ3v) is 6.61. The summed E-state index contributed by atoms with van der Waals surface area (Å²) in [5.74, 6) is -0.294. The number of nitrogens with zero attached hydrogens (tertiary/aromatic N) is 1. The summed E-state index contributed by atoms with van der Waals surface area (Å²) < 4.78 is 38.2. The first kappa shape index (κ1) is 27.6. The molecule has 0 saturated heterocycles. The average Bonchev–Trinajstić information content (AvgIpc) is 2.83. The van der Waals surface area contributed by atoms with Gasteiger partial charge in [-0.1, -0.05) is 30.9 Å². The second-order valence-corrected chi connectivity index (χ2v) is 9.66. The predicted molar refractivity (Wildman–Crippen MR) is 128 cm³/mol. The molecule has 0 aliphatic rings. The molecule has 11 heteroatoms. The highest BCUT2D eigenvalue weighted by Crippen LogP contribution is 2.15. The van der Waals surface area contributed by atoms with Crippen molar-refractivity contribution in [3.05, 3.63) is 53.8 Å². The number of unbranched alkanes of at least 4 members (excludes halogenated alkanes) is 4. The number of ether oxygens (including phenoxy) is 2. The highest BCUT2D eigenvalue weighted by molar-refractivity contribution is 7.89. The van der Waals surface area contributed by atoms with Gasteiger partial charge in [0, 0.05) is 24.2 Å². The van der Waals surface area contributed by atoms with Gasteiger partial charge in [0.05, 0.1) is 18.2 Å². The number of hydrogen-bond acceptors (Lipinski definition) is 7. The van der Waals surface area contributed by atoms with Gasteiger partial charge >= 0.3 is 5.97 Å². The number of carbonyl (C=O) groups is 2. The molecule has 1 amide bonds. The molecule has 2 rings (SSSR count). The van der Waals surface area contributed by atoms with Crippen LogP contribution in [0.4, 0.5) is 0 Å². The minimum Gasteiger partial charge on any atom is -0.490 e. The first-order valence-corrected chi connectivity index (χ1v) is 12.8. The van der Waals surface area contributed by atoms with Gasteiger partial charge in [0.1, 0.15) is 18.4 Å². The van der Waals surface area contributed by atoms with Crippen molar-refractivity contribution in [2.45, 2.75) is 49.5 Å². The van der Waals surface area contributed by atoms with Crippen LogP contribution in [0.1, 0.15) is 38.5 Å². The van der Waals surface area contributed by atoms with E-state index in [1.165, 1.54) is 37.6 Å².